The Morgan fingerprint density at radius 2 is 1.80 bits per heavy atom. The lowest BCUT2D eigenvalue weighted by atomic mass is 10.0. The molecule has 3 rings (SSSR count). The molecule has 3 heteroatoms. The van der Waals surface area contributed by atoms with Gasteiger partial charge >= 0.3 is 0 Å². The Morgan fingerprint density at radius 1 is 1.10 bits per heavy atom. The van der Waals surface area contributed by atoms with Gasteiger partial charge in [-0.3, -0.25) is 4.79 Å². The SMILES string of the molecule is CC[NH+]1CCN(C(=O)c2cccc3ccccc23)CC1. The first kappa shape index (κ1) is 13.1. The minimum Gasteiger partial charge on any atom is -0.332 e. The van der Waals surface area contributed by atoms with Gasteiger partial charge in [0.15, 0.2) is 0 Å². The fourth-order valence-corrected chi connectivity index (χ4v) is 2.96. The topological polar surface area (TPSA) is 24.8 Å². The van der Waals surface area contributed by atoms with Crippen molar-refractivity contribution >= 4 is 16.7 Å². The van der Waals surface area contributed by atoms with Gasteiger partial charge in [0, 0.05) is 5.56 Å². The summed E-state index contributed by atoms with van der Waals surface area (Å²) in [6.45, 7) is 7.21. The van der Waals surface area contributed by atoms with Crippen LogP contribution in [0, 0.1) is 0 Å². The molecule has 0 saturated carbocycles. The molecule has 20 heavy (non-hydrogen) atoms. The van der Waals surface area contributed by atoms with Crippen molar-refractivity contribution in [3.8, 4) is 0 Å². The molecule has 3 nitrogen and oxygen atoms in total. The zero-order valence-electron chi connectivity index (χ0n) is 11.9. The molecule has 0 aliphatic carbocycles. The number of amides is 1. The summed E-state index contributed by atoms with van der Waals surface area (Å²) >= 11 is 0. The van der Waals surface area contributed by atoms with E-state index < -0.39 is 0 Å². The van der Waals surface area contributed by atoms with Crippen LogP contribution in [-0.4, -0.2) is 43.5 Å². The van der Waals surface area contributed by atoms with Crippen LogP contribution >= 0.6 is 0 Å². The van der Waals surface area contributed by atoms with E-state index in [1.54, 1.807) is 4.90 Å². The molecule has 1 fully saturated rings. The summed E-state index contributed by atoms with van der Waals surface area (Å²) in [5, 5.41) is 2.20. The van der Waals surface area contributed by atoms with Crippen LogP contribution in [0.15, 0.2) is 42.5 Å². The van der Waals surface area contributed by atoms with Crippen molar-refractivity contribution in [2.45, 2.75) is 6.92 Å². The van der Waals surface area contributed by atoms with Crippen LogP contribution in [0.3, 0.4) is 0 Å². The molecule has 0 spiro atoms. The van der Waals surface area contributed by atoms with Gasteiger partial charge in [0.2, 0.25) is 0 Å². The van der Waals surface area contributed by atoms with Crippen molar-refractivity contribution in [1.82, 2.24) is 4.90 Å². The molecular formula is C17H21N2O+. The molecule has 0 atom stereocenters. The standard InChI is InChI=1S/C17H20N2O/c1-2-18-10-12-19(13-11-18)17(20)16-9-5-7-14-6-3-4-8-15(14)16/h3-9H,2,10-13H2,1H3/p+1. The summed E-state index contributed by atoms with van der Waals surface area (Å²) < 4.78 is 0. The van der Waals surface area contributed by atoms with Crippen LogP contribution in [0.4, 0.5) is 0 Å². The number of benzene rings is 2. The summed E-state index contributed by atoms with van der Waals surface area (Å²) in [6.07, 6.45) is 0. The summed E-state index contributed by atoms with van der Waals surface area (Å²) in [5.41, 5.74) is 0.836. The van der Waals surface area contributed by atoms with Crippen molar-refractivity contribution in [3.05, 3.63) is 48.0 Å². The lowest BCUT2D eigenvalue weighted by molar-refractivity contribution is -0.902. The average molecular weight is 269 g/mol. The Labute approximate surface area is 119 Å². The fraction of sp³-hybridized carbons (Fsp3) is 0.353. The minimum atomic E-state index is 0.178. The molecule has 2 aromatic carbocycles. The van der Waals surface area contributed by atoms with Gasteiger partial charge in [-0.2, -0.15) is 0 Å². The number of nitrogens with zero attached hydrogens (tertiary/aromatic N) is 1. The third kappa shape index (κ3) is 2.41. The van der Waals surface area contributed by atoms with E-state index in [-0.39, 0.29) is 5.91 Å². The van der Waals surface area contributed by atoms with E-state index in [1.165, 1.54) is 0 Å². The van der Waals surface area contributed by atoms with E-state index in [9.17, 15) is 4.79 Å². The maximum atomic E-state index is 12.7. The summed E-state index contributed by atoms with van der Waals surface area (Å²) in [6, 6.07) is 14.1. The maximum absolute atomic E-state index is 12.7. The zero-order valence-corrected chi connectivity index (χ0v) is 11.9. The van der Waals surface area contributed by atoms with Crippen molar-refractivity contribution in [2.75, 3.05) is 32.7 Å². The van der Waals surface area contributed by atoms with Crippen molar-refractivity contribution in [1.29, 1.82) is 0 Å². The molecule has 0 bridgehead atoms. The van der Waals surface area contributed by atoms with Gasteiger partial charge in [0.05, 0.1) is 32.7 Å². The van der Waals surface area contributed by atoms with Gasteiger partial charge in [0.1, 0.15) is 0 Å². The average Bonchev–Trinajstić information content (AvgIpc) is 2.54. The highest BCUT2D eigenvalue weighted by molar-refractivity contribution is 6.07. The second-order valence-electron chi connectivity index (χ2n) is 5.42. The number of nitrogens with one attached hydrogen (secondary N) is 1. The quantitative estimate of drug-likeness (QED) is 0.870. The van der Waals surface area contributed by atoms with Crippen LogP contribution in [0.5, 0.6) is 0 Å². The van der Waals surface area contributed by atoms with Crippen LogP contribution < -0.4 is 4.90 Å². The Bertz CT molecular complexity index is 610. The van der Waals surface area contributed by atoms with Gasteiger partial charge in [-0.15, -0.1) is 0 Å². The Hall–Kier alpha value is -1.87. The van der Waals surface area contributed by atoms with E-state index in [2.05, 4.69) is 19.1 Å². The molecule has 104 valence electrons. The number of hydrogen-bond acceptors (Lipinski definition) is 1. The summed E-state index contributed by atoms with van der Waals surface area (Å²) in [5.74, 6) is 0.178. The molecule has 1 N–H and O–H groups in total. The molecule has 1 saturated heterocycles. The third-order valence-corrected chi connectivity index (χ3v) is 4.28. The minimum absolute atomic E-state index is 0.178. The molecule has 0 aromatic heterocycles. The van der Waals surface area contributed by atoms with Crippen molar-refractivity contribution in [3.63, 3.8) is 0 Å². The number of carbonyl (C=O) groups excluding carboxylic acids is 1. The molecule has 0 radical (unpaired) electrons. The second kappa shape index (κ2) is 5.63. The fourth-order valence-electron chi connectivity index (χ4n) is 2.96. The number of fused-ring (bicyclic) bond motifs is 1. The number of hydrogen-bond donors (Lipinski definition) is 1. The van der Waals surface area contributed by atoms with E-state index >= 15 is 0 Å². The van der Waals surface area contributed by atoms with Gasteiger partial charge in [-0.1, -0.05) is 36.4 Å². The highest BCUT2D eigenvalue weighted by Gasteiger charge is 2.24. The third-order valence-electron chi connectivity index (χ3n) is 4.28. The molecular weight excluding hydrogens is 248 g/mol. The highest BCUT2D eigenvalue weighted by atomic mass is 16.2. The lowest BCUT2D eigenvalue weighted by Gasteiger charge is -2.31. The predicted octanol–water partition coefficient (Wildman–Crippen LogP) is 1.20. The van der Waals surface area contributed by atoms with Gasteiger partial charge in [-0.25, -0.2) is 0 Å². The summed E-state index contributed by atoms with van der Waals surface area (Å²) in [4.78, 5) is 16.3. The van der Waals surface area contributed by atoms with Crippen LogP contribution in [0.1, 0.15) is 17.3 Å². The highest BCUT2D eigenvalue weighted by Crippen LogP contribution is 2.20. The first-order chi connectivity index (χ1) is 9.79. The Morgan fingerprint density at radius 3 is 2.55 bits per heavy atom. The molecule has 2 aromatic rings. The summed E-state index contributed by atoms with van der Waals surface area (Å²) in [7, 11) is 0. The first-order valence-corrected chi connectivity index (χ1v) is 7.40. The second-order valence-corrected chi connectivity index (χ2v) is 5.42. The number of rotatable bonds is 2. The maximum Gasteiger partial charge on any atom is 0.254 e. The van der Waals surface area contributed by atoms with Gasteiger partial charge < -0.3 is 9.80 Å². The number of likely N-dealkylation sites (N-methyl/N-ethyl adjacent to an activating group) is 1. The van der Waals surface area contributed by atoms with Crippen LogP contribution in [0.25, 0.3) is 10.8 Å². The number of quaternary nitrogens is 1. The lowest BCUT2D eigenvalue weighted by Crippen LogP contribution is -3.14. The van der Waals surface area contributed by atoms with Gasteiger partial charge in [0.25, 0.3) is 5.91 Å². The van der Waals surface area contributed by atoms with Crippen LogP contribution in [-0.2, 0) is 0 Å². The van der Waals surface area contributed by atoms with E-state index in [1.807, 2.05) is 35.2 Å². The Kier molecular flexibility index (Phi) is 3.70. The van der Waals surface area contributed by atoms with Crippen LogP contribution in [0.2, 0.25) is 0 Å². The smallest absolute Gasteiger partial charge is 0.254 e. The predicted molar refractivity (Wildman–Crippen MR) is 81.1 cm³/mol. The molecule has 0 unspecified atom stereocenters. The molecule has 1 heterocycles. The van der Waals surface area contributed by atoms with Crippen molar-refractivity contribution in [2.24, 2.45) is 0 Å². The molecule has 1 aliphatic heterocycles. The molecule has 1 amide bonds. The first-order valence-electron chi connectivity index (χ1n) is 7.40. The van der Waals surface area contributed by atoms with E-state index in [4.69, 9.17) is 0 Å². The zero-order chi connectivity index (χ0) is 13.9. The number of piperazine rings is 1. The van der Waals surface area contributed by atoms with E-state index in [0.717, 1.165) is 49.1 Å². The van der Waals surface area contributed by atoms with E-state index in [0.29, 0.717) is 0 Å². The molecule has 1 aliphatic rings. The van der Waals surface area contributed by atoms with Gasteiger partial charge in [-0.05, 0) is 23.8 Å². The largest absolute Gasteiger partial charge is 0.332 e. The van der Waals surface area contributed by atoms with Crippen molar-refractivity contribution < 1.29 is 9.69 Å². The monoisotopic (exact) mass is 269 g/mol. The number of carbonyl (C=O) groups is 1. The normalized spacial score (nSPS) is 16.6. The Balaban J connectivity index is 1.86.